The molecule has 0 saturated heterocycles. The van der Waals surface area contributed by atoms with Crippen molar-refractivity contribution in [3.05, 3.63) is 29.3 Å². The van der Waals surface area contributed by atoms with Crippen LogP contribution < -0.4 is 10.1 Å². The maximum atomic E-state index is 12.3. The molecule has 1 amide bonds. The number of carbonyl (C=O) groups is 1. The first-order valence-electron chi connectivity index (χ1n) is 6.67. The van der Waals surface area contributed by atoms with E-state index in [1.807, 2.05) is 25.1 Å². The quantitative estimate of drug-likeness (QED) is 0.862. The molecule has 0 spiro atoms. The Balaban J connectivity index is 2.07. The molecule has 0 radical (unpaired) electrons. The highest BCUT2D eigenvalue weighted by Gasteiger charge is 2.27. The fraction of sp³-hybridized carbons (Fsp3) is 0.533. The fourth-order valence-corrected chi connectivity index (χ4v) is 3.40. The van der Waals surface area contributed by atoms with Gasteiger partial charge in [-0.15, -0.1) is 0 Å². The summed E-state index contributed by atoms with van der Waals surface area (Å²) >= 11 is 3.52. The van der Waals surface area contributed by atoms with Gasteiger partial charge < -0.3 is 10.1 Å². The highest BCUT2D eigenvalue weighted by atomic mass is 79.9. The van der Waals surface area contributed by atoms with E-state index in [0.29, 0.717) is 17.5 Å². The number of alkyl halides is 1. The molecule has 3 nitrogen and oxygen atoms in total. The number of nitrogens with one attached hydrogen (secondary N) is 1. The second-order valence-electron chi connectivity index (χ2n) is 5.11. The predicted octanol–water partition coefficient (Wildman–Crippen LogP) is 3.30. The summed E-state index contributed by atoms with van der Waals surface area (Å²) < 4.78 is 5.26. The first kappa shape index (κ1) is 14.4. The summed E-state index contributed by atoms with van der Waals surface area (Å²) in [6.45, 7) is 1.97. The van der Waals surface area contributed by atoms with E-state index in [1.165, 1.54) is 12.8 Å². The van der Waals surface area contributed by atoms with Crippen molar-refractivity contribution in [1.29, 1.82) is 0 Å². The van der Waals surface area contributed by atoms with E-state index in [9.17, 15) is 4.79 Å². The first-order valence-corrected chi connectivity index (χ1v) is 7.79. The number of hydrogen-bond acceptors (Lipinski definition) is 2. The molecule has 0 aromatic heterocycles. The Morgan fingerprint density at radius 2 is 2.26 bits per heavy atom. The monoisotopic (exact) mass is 325 g/mol. The summed E-state index contributed by atoms with van der Waals surface area (Å²) in [7, 11) is 1.63. The highest BCUT2D eigenvalue weighted by molar-refractivity contribution is 9.09. The lowest BCUT2D eigenvalue weighted by atomic mass is 10.1. The maximum absolute atomic E-state index is 12.3. The molecule has 2 unspecified atom stereocenters. The molecule has 1 N–H and O–H groups in total. The van der Waals surface area contributed by atoms with Crippen LogP contribution in [0, 0.1) is 12.8 Å². The van der Waals surface area contributed by atoms with Gasteiger partial charge in [0.25, 0.3) is 5.91 Å². The second kappa shape index (κ2) is 6.42. The Labute approximate surface area is 122 Å². The Morgan fingerprint density at radius 1 is 1.47 bits per heavy atom. The molecule has 1 saturated carbocycles. The van der Waals surface area contributed by atoms with Gasteiger partial charge in [-0.25, -0.2) is 0 Å². The lowest BCUT2D eigenvalue weighted by molar-refractivity contribution is 0.0930. The standard InChI is InChI=1S/C15H20BrNO2/c1-10-6-7-11(8-14(10)19-2)15(18)17-13-5-3-4-12(13)9-16/h6-8,12-13H,3-5,9H2,1-2H3,(H,17,18). The van der Waals surface area contributed by atoms with E-state index in [4.69, 9.17) is 4.74 Å². The zero-order chi connectivity index (χ0) is 13.8. The third-order valence-corrected chi connectivity index (χ3v) is 4.68. The third kappa shape index (κ3) is 3.30. The fourth-order valence-electron chi connectivity index (χ4n) is 2.62. The molecule has 2 rings (SSSR count). The van der Waals surface area contributed by atoms with Gasteiger partial charge in [-0.3, -0.25) is 4.79 Å². The summed E-state index contributed by atoms with van der Waals surface area (Å²) in [6, 6.07) is 5.87. The minimum atomic E-state index is -0.00356. The summed E-state index contributed by atoms with van der Waals surface area (Å²) in [5.41, 5.74) is 1.71. The Morgan fingerprint density at radius 3 is 2.95 bits per heavy atom. The molecular weight excluding hydrogens is 306 g/mol. The van der Waals surface area contributed by atoms with Crippen LogP contribution in [0.15, 0.2) is 18.2 Å². The van der Waals surface area contributed by atoms with E-state index >= 15 is 0 Å². The van der Waals surface area contributed by atoms with E-state index in [2.05, 4.69) is 21.2 Å². The maximum Gasteiger partial charge on any atom is 0.251 e. The SMILES string of the molecule is COc1cc(C(=O)NC2CCCC2CBr)ccc1C. The Kier molecular flexibility index (Phi) is 4.86. The largest absolute Gasteiger partial charge is 0.496 e. The number of ether oxygens (including phenoxy) is 1. The van der Waals surface area contributed by atoms with Crippen molar-refractivity contribution in [3.8, 4) is 5.75 Å². The van der Waals surface area contributed by atoms with Crippen LogP contribution in [0.2, 0.25) is 0 Å². The van der Waals surface area contributed by atoms with Crippen molar-refractivity contribution in [1.82, 2.24) is 5.32 Å². The molecular formula is C15H20BrNO2. The minimum Gasteiger partial charge on any atom is -0.496 e. The second-order valence-corrected chi connectivity index (χ2v) is 5.76. The van der Waals surface area contributed by atoms with Crippen LogP contribution in [0.3, 0.4) is 0 Å². The molecule has 2 atom stereocenters. The van der Waals surface area contributed by atoms with Crippen LogP contribution in [0.4, 0.5) is 0 Å². The van der Waals surface area contributed by atoms with Gasteiger partial charge in [0.2, 0.25) is 0 Å². The molecule has 19 heavy (non-hydrogen) atoms. The average Bonchev–Trinajstić information content (AvgIpc) is 2.86. The summed E-state index contributed by atoms with van der Waals surface area (Å²) in [6.07, 6.45) is 3.46. The van der Waals surface area contributed by atoms with E-state index in [-0.39, 0.29) is 5.91 Å². The molecule has 0 bridgehead atoms. The molecule has 1 aromatic carbocycles. The van der Waals surface area contributed by atoms with Gasteiger partial charge in [0.05, 0.1) is 7.11 Å². The van der Waals surface area contributed by atoms with Gasteiger partial charge in [-0.05, 0) is 43.4 Å². The van der Waals surface area contributed by atoms with Crippen LogP contribution in [-0.2, 0) is 0 Å². The molecule has 1 aliphatic carbocycles. The number of rotatable bonds is 4. The lowest BCUT2D eigenvalue weighted by Gasteiger charge is -2.19. The van der Waals surface area contributed by atoms with Crippen LogP contribution in [-0.4, -0.2) is 24.4 Å². The van der Waals surface area contributed by atoms with Crippen LogP contribution in [0.5, 0.6) is 5.75 Å². The van der Waals surface area contributed by atoms with E-state index < -0.39 is 0 Å². The predicted molar refractivity (Wildman–Crippen MR) is 80.1 cm³/mol. The molecule has 1 aliphatic rings. The number of hydrogen-bond donors (Lipinski definition) is 1. The number of benzene rings is 1. The number of carbonyl (C=O) groups excluding carboxylic acids is 1. The summed E-state index contributed by atoms with van der Waals surface area (Å²) in [5, 5.41) is 4.10. The minimum absolute atomic E-state index is 0.00356. The molecule has 1 aromatic rings. The van der Waals surface area contributed by atoms with Crippen molar-refractivity contribution in [2.24, 2.45) is 5.92 Å². The summed E-state index contributed by atoms with van der Waals surface area (Å²) in [5.74, 6) is 1.31. The van der Waals surface area contributed by atoms with E-state index in [1.54, 1.807) is 7.11 Å². The van der Waals surface area contributed by atoms with Gasteiger partial charge >= 0.3 is 0 Å². The lowest BCUT2D eigenvalue weighted by Crippen LogP contribution is -2.37. The Bertz CT molecular complexity index is 461. The van der Waals surface area contributed by atoms with Crippen molar-refractivity contribution >= 4 is 21.8 Å². The molecule has 0 aliphatic heterocycles. The van der Waals surface area contributed by atoms with Crippen molar-refractivity contribution in [2.75, 3.05) is 12.4 Å². The molecule has 1 fully saturated rings. The zero-order valence-corrected chi connectivity index (χ0v) is 13.0. The topological polar surface area (TPSA) is 38.3 Å². The number of halogens is 1. The molecule has 4 heteroatoms. The van der Waals surface area contributed by atoms with Gasteiger partial charge in [0.1, 0.15) is 5.75 Å². The molecule has 104 valence electrons. The number of methoxy groups -OCH3 is 1. The number of aryl methyl sites for hydroxylation is 1. The first-order chi connectivity index (χ1) is 9.15. The van der Waals surface area contributed by atoms with Gasteiger partial charge in [0, 0.05) is 16.9 Å². The number of amides is 1. The summed E-state index contributed by atoms with van der Waals surface area (Å²) in [4.78, 5) is 12.3. The Hall–Kier alpha value is -1.03. The van der Waals surface area contributed by atoms with Gasteiger partial charge in [-0.2, -0.15) is 0 Å². The van der Waals surface area contributed by atoms with Crippen LogP contribution >= 0.6 is 15.9 Å². The van der Waals surface area contributed by atoms with Crippen LogP contribution in [0.1, 0.15) is 35.2 Å². The smallest absolute Gasteiger partial charge is 0.251 e. The van der Waals surface area contributed by atoms with Gasteiger partial charge in [0.15, 0.2) is 0 Å². The zero-order valence-electron chi connectivity index (χ0n) is 11.4. The molecule has 0 heterocycles. The third-order valence-electron chi connectivity index (χ3n) is 3.84. The van der Waals surface area contributed by atoms with E-state index in [0.717, 1.165) is 23.1 Å². The van der Waals surface area contributed by atoms with Gasteiger partial charge in [-0.1, -0.05) is 28.4 Å². The van der Waals surface area contributed by atoms with Crippen molar-refractivity contribution < 1.29 is 9.53 Å². The van der Waals surface area contributed by atoms with Crippen molar-refractivity contribution in [2.45, 2.75) is 32.2 Å². The average molecular weight is 326 g/mol. The van der Waals surface area contributed by atoms with Crippen molar-refractivity contribution in [3.63, 3.8) is 0 Å². The normalized spacial score (nSPS) is 22.3. The highest BCUT2D eigenvalue weighted by Crippen LogP contribution is 2.27. The van der Waals surface area contributed by atoms with Crippen LogP contribution in [0.25, 0.3) is 0 Å².